The van der Waals surface area contributed by atoms with Gasteiger partial charge in [0.2, 0.25) is 0 Å². The average Bonchev–Trinajstić information content (AvgIpc) is 2.03. The van der Waals surface area contributed by atoms with Gasteiger partial charge in [0.1, 0.15) is 5.41 Å². The zero-order valence-electron chi connectivity index (χ0n) is 6.36. The van der Waals surface area contributed by atoms with Gasteiger partial charge in [-0.2, -0.15) is 0 Å². The Hall–Kier alpha value is -0.730. The van der Waals surface area contributed by atoms with Crippen LogP contribution in [0, 0.1) is 0 Å². The van der Waals surface area contributed by atoms with Crippen LogP contribution in [0.2, 0.25) is 0 Å². The molecule has 0 radical (unpaired) electrons. The Morgan fingerprint density at radius 3 is 2.45 bits per heavy atom. The zero-order chi connectivity index (χ0) is 8.10. The molecule has 2 heteroatoms. The van der Waals surface area contributed by atoms with Crippen LogP contribution in [-0.2, 0) is 11.2 Å². The first-order valence-corrected chi connectivity index (χ1v) is 4.96. The molecular formula is C9H10OS. The number of hydrogen-bond acceptors (Lipinski definition) is 1. The molecule has 0 saturated carbocycles. The van der Waals surface area contributed by atoms with Crippen LogP contribution >= 0.6 is 0 Å². The first-order valence-electron chi connectivity index (χ1n) is 3.34. The Kier molecular flexibility index (Phi) is 3.20. The summed E-state index contributed by atoms with van der Waals surface area (Å²) in [4.78, 5) is 0. The van der Waals surface area contributed by atoms with Crippen LogP contribution in [0.25, 0.3) is 6.08 Å². The second-order valence-corrected chi connectivity index (χ2v) is 3.48. The van der Waals surface area contributed by atoms with Crippen molar-refractivity contribution in [2.24, 2.45) is 0 Å². The summed E-state index contributed by atoms with van der Waals surface area (Å²) >= 11 is -0.847. The highest BCUT2D eigenvalue weighted by Crippen LogP contribution is 2.01. The maximum absolute atomic E-state index is 10.6. The second kappa shape index (κ2) is 4.21. The molecule has 0 saturated heterocycles. The van der Waals surface area contributed by atoms with E-state index in [1.807, 2.05) is 36.4 Å². The first kappa shape index (κ1) is 8.37. The zero-order valence-corrected chi connectivity index (χ0v) is 7.17. The van der Waals surface area contributed by atoms with Crippen LogP contribution in [0.1, 0.15) is 5.56 Å². The standard InChI is InChI=1S/C9H10OS/c1-11(10)8-7-9-5-3-2-4-6-9/h2-8H,1H3. The molecule has 0 N–H and O–H groups in total. The summed E-state index contributed by atoms with van der Waals surface area (Å²) in [6.07, 6.45) is 3.51. The van der Waals surface area contributed by atoms with Crippen molar-refractivity contribution in [3.05, 3.63) is 41.3 Å². The summed E-state index contributed by atoms with van der Waals surface area (Å²) < 4.78 is 10.6. The predicted octanol–water partition coefficient (Wildman–Crippen LogP) is 2.04. The molecule has 11 heavy (non-hydrogen) atoms. The minimum atomic E-state index is -0.847. The molecular weight excluding hydrogens is 156 g/mol. The third-order valence-electron chi connectivity index (χ3n) is 1.25. The Morgan fingerprint density at radius 2 is 1.91 bits per heavy atom. The van der Waals surface area contributed by atoms with Gasteiger partial charge in [0, 0.05) is 0 Å². The molecule has 0 heterocycles. The largest absolute Gasteiger partial charge is 0.612 e. The van der Waals surface area contributed by atoms with Crippen LogP contribution in [-0.4, -0.2) is 10.8 Å². The molecule has 0 spiro atoms. The lowest BCUT2D eigenvalue weighted by atomic mass is 10.2. The number of benzene rings is 1. The van der Waals surface area contributed by atoms with Crippen LogP contribution in [0.15, 0.2) is 35.7 Å². The second-order valence-electron chi connectivity index (χ2n) is 2.21. The van der Waals surface area contributed by atoms with E-state index in [1.165, 1.54) is 0 Å². The van der Waals surface area contributed by atoms with E-state index in [9.17, 15) is 4.55 Å². The van der Waals surface area contributed by atoms with E-state index >= 15 is 0 Å². The molecule has 1 atom stereocenters. The van der Waals surface area contributed by atoms with Crippen molar-refractivity contribution < 1.29 is 4.55 Å². The molecule has 0 amide bonds. The highest BCUT2D eigenvalue weighted by Gasteiger charge is 1.87. The van der Waals surface area contributed by atoms with Gasteiger partial charge in [-0.05, 0) is 22.8 Å². The Bertz CT molecular complexity index is 229. The Morgan fingerprint density at radius 1 is 1.27 bits per heavy atom. The van der Waals surface area contributed by atoms with E-state index in [-0.39, 0.29) is 0 Å². The van der Waals surface area contributed by atoms with Crippen molar-refractivity contribution in [2.45, 2.75) is 0 Å². The molecule has 0 aliphatic heterocycles. The quantitative estimate of drug-likeness (QED) is 0.616. The van der Waals surface area contributed by atoms with Gasteiger partial charge >= 0.3 is 0 Å². The van der Waals surface area contributed by atoms with Crippen LogP contribution < -0.4 is 0 Å². The molecule has 1 rings (SSSR count). The molecule has 1 aromatic carbocycles. The normalized spacial score (nSPS) is 13.6. The van der Waals surface area contributed by atoms with Crippen molar-refractivity contribution in [2.75, 3.05) is 6.26 Å². The fourth-order valence-electron chi connectivity index (χ4n) is 0.739. The lowest BCUT2D eigenvalue weighted by Gasteiger charge is -1.94. The number of rotatable bonds is 2. The molecule has 1 nitrogen and oxygen atoms in total. The molecule has 1 aromatic rings. The van der Waals surface area contributed by atoms with Gasteiger partial charge in [0.05, 0.1) is 6.26 Å². The van der Waals surface area contributed by atoms with E-state index in [0.29, 0.717) is 0 Å². The lowest BCUT2D eigenvalue weighted by Crippen LogP contribution is -1.87. The summed E-state index contributed by atoms with van der Waals surface area (Å²) in [6.45, 7) is 0. The van der Waals surface area contributed by atoms with Crippen LogP contribution in [0.5, 0.6) is 0 Å². The van der Waals surface area contributed by atoms with Gasteiger partial charge in [-0.1, -0.05) is 30.3 Å². The SMILES string of the molecule is C[S+]([O-])C=Cc1ccccc1. The molecule has 1 unspecified atom stereocenters. The average molecular weight is 166 g/mol. The van der Waals surface area contributed by atoms with Crippen molar-refractivity contribution in [1.82, 2.24) is 0 Å². The highest BCUT2D eigenvalue weighted by molar-refractivity contribution is 7.93. The third kappa shape index (κ3) is 3.25. The summed E-state index contributed by atoms with van der Waals surface area (Å²) in [5.41, 5.74) is 1.09. The molecule has 0 aromatic heterocycles. The topological polar surface area (TPSA) is 23.1 Å². The molecule has 0 bridgehead atoms. The molecule has 0 fully saturated rings. The van der Waals surface area contributed by atoms with Gasteiger partial charge in [-0.25, -0.2) is 0 Å². The van der Waals surface area contributed by atoms with Crippen molar-refractivity contribution in [1.29, 1.82) is 0 Å². The first-order chi connectivity index (χ1) is 5.29. The Labute approximate surface area is 69.9 Å². The van der Waals surface area contributed by atoms with Gasteiger partial charge in [0.15, 0.2) is 0 Å². The minimum Gasteiger partial charge on any atom is -0.612 e. The molecule has 0 aliphatic rings. The fraction of sp³-hybridized carbons (Fsp3) is 0.111. The molecule has 0 aliphatic carbocycles. The minimum absolute atomic E-state index is 0.847. The maximum atomic E-state index is 10.6. The maximum Gasteiger partial charge on any atom is 0.117 e. The lowest BCUT2D eigenvalue weighted by molar-refractivity contribution is 0.609. The highest BCUT2D eigenvalue weighted by atomic mass is 32.2. The van der Waals surface area contributed by atoms with E-state index in [4.69, 9.17) is 0 Å². The van der Waals surface area contributed by atoms with Gasteiger partial charge < -0.3 is 4.55 Å². The predicted molar refractivity (Wildman–Crippen MR) is 49.5 cm³/mol. The van der Waals surface area contributed by atoms with E-state index in [1.54, 1.807) is 11.7 Å². The summed E-state index contributed by atoms with van der Waals surface area (Å²) in [5, 5.41) is 1.68. The fourth-order valence-corrected chi connectivity index (χ4v) is 1.09. The van der Waals surface area contributed by atoms with Crippen LogP contribution in [0.4, 0.5) is 0 Å². The van der Waals surface area contributed by atoms with Crippen molar-refractivity contribution in [3.8, 4) is 0 Å². The van der Waals surface area contributed by atoms with E-state index in [2.05, 4.69) is 0 Å². The van der Waals surface area contributed by atoms with E-state index in [0.717, 1.165) is 5.56 Å². The summed E-state index contributed by atoms with van der Waals surface area (Å²) in [5.74, 6) is 0. The summed E-state index contributed by atoms with van der Waals surface area (Å²) in [7, 11) is 0. The Balaban J connectivity index is 2.65. The smallest absolute Gasteiger partial charge is 0.117 e. The van der Waals surface area contributed by atoms with Gasteiger partial charge in [-0.15, -0.1) is 0 Å². The van der Waals surface area contributed by atoms with E-state index < -0.39 is 11.2 Å². The third-order valence-corrected chi connectivity index (χ3v) is 1.77. The number of hydrogen-bond donors (Lipinski definition) is 0. The van der Waals surface area contributed by atoms with Gasteiger partial charge in [-0.3, -0.25) is 0 Å². The molecule has 58 valence electrons. The van der Waals surface area contributed by atoms with Gasteiger partial charge in [0.25, 0.3) is 0 Å². The van der Waals surface area contributed by atoms with Crippen LogP contribution in [0.3, 0.4) is 0 Å². The van der Waals surface area contributed by atoms with Crippen molar-refractivity contribution >= 4 is 17.3 Å². The summed E-state index contributed by atoms with van der Waals surface area (Å²) in [6, 6.07) is 9.82. The monoisotopic (exact) mass is 166 g/mol. The van der Waals surface area contributed by atoms with Crippen molar-refractivity contribution in [3.63, 3.8) is 0 Å².